The van der Waals surface area contributed by atoms with Crippen LogP contribution in [0.15, 0.2) is 60.8 Å². The van der Waals surface area contributed by atoms with Gasteiger partial charge < -0.3 is 15.0 Å². The van der Waals surface area contributed by atoms with Gasteiger partial charge in [-0.2, -0.15) is 0 Å². The Labute approximate surface area is 147 Å². The monoisotopic (exact) mass is 350 g/mol. The molecule has 3 rings (SSSR count). The van der Waals surface area contributed by atoms with Crippen LogP contribution < -0.4 is 5.32 Å². The van der Waals surface area contributed by atoms with Gasteiger partial charge in [0.2, 0.25) is 0 Å². The number of aliphatic hydroxyl groups is 1. The Morgan fingerprint density at radius 1 is 1.13 bits per heavy atom. The van der Waals surface area contributed by atoms with Crippen molar-refractivity contribution in [2.75, 3.05) is 13.6 Å². The number of nitrogens with zero attached hydrogens (tertiary/aromatic N) is 1. The third-order valence-electron chi connectivity index (χ3n) is 3.90. The third-order valence-corrected chi connectivity index (χ3v) is 4.13. The van der Waals surface area contributed by atoms with Crippen LogP contribution in [0.1, 0.15) is 11.6 Å². The van der Waals surface area contributed by atoms with Gasteiger partial charge in [0.15, 0.2) is 0 Å². The Morgan fingerprint density at radius 3 is 2.65 bits per heavy atom. The molecule has 2 N–H and O–H groups in total. The molecule has 0 saturated carbocycles. The van der Waals surface area contributed by atoms with Gasteiger partial charge in [0.25, 0.3) is 0 Å². The lowest BCUT2D eigenvalue weighted by molar-refractivity contribution is 0.132. The molecule has 122 valence electrons. The van der Waals surface area contributed by atoms with Gasteiger partial charge in [0, 0.05) is 23.3 Å². The fraction of sp³-hybridized carbons (Fsp3) is 0.222. The van der Waals surface area contributed by atoms with E-state index in [9.17, 15) is 5.11 Å². The van der Waals surface area contributed by atoms with E-state index in [1.54, 1.807) is 0 Å². The Hall–Kier alpha value is -1.52. The highest BCUT2D eigenvalue weighted by Gasteiger charge is 2.23. The maximum absolute atomic E-state index is 10.7. The second-order valence-electron chi connectivity index (χ2n) is 5.41. The van der Waals surface area contributed by atoms with Crippen LogP contribution in [-0.2, 0) is 0 Å². The fourth-order valence-electron chi connectivity index (χ4n) is 2.93. The predicted octanol–water partition coefficient (Wildman–Crippen LogP) is 3.89. The van der Waals surface area contributed by atoms with Gasteiger partial charge in [0.1, 0.15) is 0 Å². The molecule has 0 aliphatic heterocycles. The van der Waals surface area contributed by atoms with Crippen LogP contribution in [0.4, 0.5) is 0 Å². The zero-order valence-corrected chi connectivity index (χ0v) is 14.4. The minimum atomic E-state index is -0.556. The number of benzene rings is 2. The minimum Gasteiger partial charge on any atom is -0.389 e. The molecule has 0 amide bonds. The summed E-state index contributed by atoms with van der Waals surface area (Å²) in [5.74, 6) is 0. The molecule has 0 radical (unpaired) electrons. The standard InChI is InChI=1S/C18H19ClN2O.ClH/c1-20-12-17(22)18(14-6-4-7-15(19)11-14)21-10-9-13-5-2-3-8-16(13)21;/h2-11,17-18,20,22H,12H2,1H3;1H/t17-,18+;/m1./s1. The first-order chi connectivity index (χ1) is 10.7. The smallest absolute Gasteiger partial charge is 0.0912 e. The molecule has 0 unspecified atom stereocenters. The van der Waals surface area contributed by atoms with Crippen LogP contribution >= 0.6 is 24.0 Å². The molecule has 0 fully saturated rings. The van der Waals surface area contributed by atoms with Gasteiger partial charge in [0.05, 0.1) is 12.1 Å². The fourth-order valence-corrected chi connectivity index (χ4v) is 3.13. The number of fused-ring (bicyclic) bond motifs is 1. The highest BCUT2D eigenvalue weighted by Crippen LogP contribution is 2.29. The van der Waals surface area contributed by atoms with Gasteiger partial charge >= 0.3 is 0 Å². The number of para-hydroxylation sites is 1. The van der Waals surface area contributed by atoms with E-state index >= 15 is 0 Å². The van der Waals surface area contributed by atoms with Crippen molar-refractivity contribution in [2.24, 2.45) is 0 Å². The zero-order valence-electron chi connectivity index (χ0n) is 12.8. The van der Waals surface area contributed by atoms with Crippen LogP contribution in [0.25, 0.3) is 10.9 Å². The van der Waals surface area contributed by atoms with Crippen LogP contribution in [0.3, 0.4) is 0 Å². The Bertz CT molecular complexity index is 772. The Kier molecular flexibility index (Phi) is 6.08. The molecule has 1 aromatic heterocycles. The first-order valence-corrected chi connectivity index (χ1v) is 7.72. The maximum Gasteiger partial charge on any atom is 0.0912 e. The van der Waals surface area contributed by atoms with Gasteiger partial charge in [-0.05, 0) is 42.3 Å². The van der Waals surface area contributed by atoms with Crippen LogP contribution in [-0.4, -0.2) is 29.4 Å². The van der Waals surface area contributed by atoms with Crippen molar-refractivity contribution in [2.45, 2.75) is 12.1 Å². The molecule has 3 nitrogen and oxygen atoms in total. The lowest BCUT2D eigenvalue weighted by atomic mass is 10.0. The van der Waals surface area contributed by atoms with E-state index in [1.807, 2.05) is 49.6 Å². The van der Waals surface area contributed by atoms with Gasteiger partial charge in [-0.25, -0.2) is 0 Å². The highest BCUT2D eigenvalue weighted by molar-refractivity contribution is 6.30. The van der Waals surface area contributed by atoms with E-state index in [1.165, 1.54) is 0 Å². The summed E-state index contributed by atoms with van der Waals surface area (Å²) in [4.78, 5) is 0. The first-order valence-electron chi connectivity index (χ1n) is 7.34. The van der Waals surface area contributed by atoms with Crippen molar-refractivity contribution in [3.8, 4) is 0 Å². The van der Waals surface area contributed by atoms with E-state index in [-0.39, 0.29) is 18.4 Å². The van der Waals surface area contributed by atoms with Crippen molar-refractivity contribution in [1.29, 1.82) is 0 Å². The summed E-state index contributed by atoms with van der Waals surface area (Å²) in [5, 5.41) is 15.5. The summed E-state index contributed by atoms with van der Waals surface area (Å²) in [7, 11) is 1.84. The number of nitrogens with one attached hydrogen (secondary N) is 1. The molecule has 5 heteroatoms. The number of hydrogen-bond donors (Lipinski definition) is 2. The number of rotatable bonds is 5. The van der Waals surface area contributed by atoms with Gasteiger partial charge in [-0.3, -0.25) is 0 Å². The molecular weight excluding hydrogens is 331 g/mol. The topological polar surface area (TPSA) is 37.2 Å². The molecule has 0 aliphatic carbocycles. The summed E-state index contributed by atoms with van der Waals surface area (Å²) < 4.78 is 2.11. The molecule has 0 spiro atoms. The van der Waals surface area contributed by atoms with E-state index in [4.69, 9.17) is 11.6 Å². The highest BCUT2D eigenvalue weighted by atomic mass is 35.5. The van der Waals surface area contributed by atoms with Crippen molar-refractivity contribution in [1.82, 2.24) is 9.88 Å². The van der Waals surface area contributed by atoms with E-state index in [0.29, 0.717) is 11.6 Å². The molecule has 0 saturated heterocycles. The van der Waals surface area contributed by atoms with Crippen molar-refractivity contribution >= 4 is 34.9 Å². The summed E-state index contributed by atoms with van der Waals surface area (Å²) in [6, 6.07) is 17.7. The Balaban J connectivity index is 0.00000192. The first kappa shape index (κ1) is 17.8. The van der Waals surface area contributed by atoms with Crippen molar-refractivity contribution in [3.63, 3.8) is 0 Å². The largest absolute Gasteiger partial charge is 0.389 e. The minimum absolute atomic E-state index is 0. The van der Waals surface area contributed by atoms with Crippen molar-refractivity contribution in [3.05, 3.63) is 71.4 Å². The van der Waals surface area contributed by atoms with Crippen LogP contribution in [0.5, 0.6) is 0 Å². The maximum atomic E-state index is 10.7. The molecular formula is C18H20Cl2N2O. The average molecular weight is 351 g/mol. The number of likely N-dealkylation sites (N-methyl/N-ethyl adjacent to an activating group) is 1. The molecule has 2 aromatic carbocycles. The molecule has 2 atom stereocenters. The second-order valence-corrected chi connectivity index (χ2v) is 5.84. The number of halogens is 2. The molecule has 3 aromatic rings. The van der Waals surface area contributed by atoms with Crippen LogP contribution in [0, 0.1) is 0 Å². The lowest BCUT2D eigenvalue weighted by Crippen LogP contribution is -2.33. The summed E-state index contributed by atoms with van der Waals surface area (Å²) >= 11 is 6.14. The SMILES string of the molecule is CNC[C@@H](O)[C@H](c1cccc(Cl)c1)n1ccc2ccccc21.Cl. The quantitative estimate of drug-likeness (QED) is 0.732. The normalized spacial score (nSPS) is 13.5. The molecule has 0 aliphatic rings. The van der Waals surface area contributed by atoms with E-state index < -0.39 is 6.10 Å². The number of aliphatic hydroxyl groups excluding tert-OH is 1. The van der Waals surface area contributed by atoms with Gasteiger partial charge in [-0.1, -0.05) is 41.9 Å². The lowest BCUT2D eigenvalue weighted by Gasteiger charge is -2.26. The summed E-state index contributed by atoms with van der Waals surface area (Å²) in [5.41, 5.74) is 2.10. The predicted molar refractivity (Wildman–Crippen MR) is 98.7 cm³/mol. The summed E-state index contributed by atoms with van der Waals surface area (Å²) in [6.07, 6.45) is 1.47. The summed E-state index contributed by atoms with van der Waals surface area (Å²) in [6.45, 7) is 0.504. The number of aromatic nitrogens is 1. The zero-order chi connectivity index (χ0) is 15.5. The van der Waals surface area contributed by atoms with Crippen LogP contribution in [0.2, 0.25) is 5.02 Å². The van der Waals surface area contributed by atoms with Crippen molar-refractivity contribution < 1.29 is 5.11 Å². The number of hydrogen-bond acceptors (Lipinski definition) is 2. The Morgan fingerprint density at radius 2 is 1.91 bits per heavy atom. The molecule has 0 bridgehead atoms. The average Bonchev–Trinajstić information content (AvgIpc) is 2.92. The second kappa shape index (κ2) is 7.84. The molecule has 23 heavy (non-hydrogen) atoms. The molecule has 1 heterocycles. The third kappa shape index (κ3) is 3.70. The van der Waals surface area contributed by atoms with E-state index in [0.717, 1.165) is 16.5 Å². The van der Waals surface area contributed by atoms with E-state index in [2.05, 4.69) is 28.1 Å². The van der Waals surface area contributed by atoms with Gasteiger partial charge in [-0.15, -0.1) is 12.4 Å².